The molecule has 3 rings (SSSR count). The van der Waals surface area contributed by atoms with Crippen LogP contribution in [0.25, 0.3) is 11.4 Å². The second kappa shape index (κ2) is 6.78. The van der Waals surface area contributed by atoms with E-state index in [-0.39, 0.29) is 18.4 Å². The van der Waals surface area contributed by atoms with E-state index >= 15 is 0 Å². The number of amides is 1. The van der Waals surface area contributed by atoms with Crippen LogP contribution in [0.15, 0.2) is 53.4 Å². The van der Waals surface area contributed by atoms with Gasteiger partial charge in [0.2, 0.25) is 17.6 Å². The quantitative estimate of drug-likeness (QED) is 0.774. The highest BCUT2D eigenvalue weighted by molar-refractivity contribution is 5.78. The van der Waals surface area contributed by atoms with Gasteiger partial charge in [-0.05, 0) is 31.2 Å². The van der Waals surface area contributed by atoms with Crippen molar-refractivity contribution in [3.05, 3.63) is 60.5 Å². The maximum absolute atomic E-state index is 12.0. The summed E-state index contributed by atoms with van der Waals surface area (Å²) in [7, 11) is 0. The lowest BCUT2D eigenvalue weighted by Crippen LogP contribution is -2.28. The summed E-state index contributed by atoms with van der Waals surface area (Å²) in [5, 5.41) is 6.73. The molecule has 7 heteroatoms. The molecule has 116 valence electrons. The minimum absolute atomic E-state index is 0.155. The summed E-state index contributed by atoms with van der Waals surface area (Å²) in [4.78, 5) is 24.4. The standard InChI is InChI=1S/C16H15N5O2/c1-11(19-14(22)9-13-6-2-3-8-18-13)16-20-15(21-23-16)12-5-4-7-17-10-12/h2-8,10-11H,9H2,1H3,(H,19,22)/t11-/m1/s1. The predicted octanol–water partition coefficient (Wildman–Crippen LogP) is 1.95. The van der Waals surface area contributed by atoms with Crippen LogP contribution in [0, 0.1) is 0 Å². The molecule has 0 unspecified atom stereocenters. The largest absolute Gasteiger partial charge is 0.344 e. The molecule has 3 aromatic rings. The molecule has 7 nitrogen and oxygen atoms in total. The molecule has 0 saturated carbocycles. The number of carbonyl (C=O) groups excluding carboxylic acids is 1. The average Bonchev–Trinajstić information content (AvgIpc) is 3.06. The number of carbonyl (C=O) groups is 1. The van der Waals surface area contributed by atoms with E-state index in [1.807, 2.05) is 18.2 Å². The highest BCUT2D eigenvalue weighted by atomic mass is 16.5. The van der Waals surface area contributed by atoms with E-state index in [0.717, 1.165) is 5.56 Å². The van der Waals surface area contributed by atoms with Gasteiger partial charge >= 0.3 is 0 Å². The van der Waals surface area contributed by atoms with E-state index in [1.54, 1.807) is 37.6 Å². The van der Waals surface area contributed by atoms with Crippen LogP contribution in [0.1, 0.15) is 24.6 Å². The van der Waals surface area contributed by atoms with Crippen LogP contribution in [0.4, 0.5) is 0 Å². The number of pyridine rings is 2. The second-order valence-corrected chi connectivity index (χ2v) is 4.98. The molecule has 1 N–H and O–H groups in total. The van der Waals surface area contributed by atoms with E-state index in [2.05, 4.69) is 25.4 Å². The first-order valence-electron chi connectivity index (χ1n) is 7.15. The van der Waals surface area contributed by atoms with E-state index in [0.29, 0.717) is 17.4 Å². The lowest BCUT2D eigenvalue weighted by Gasteiger charge is -2.09. The Balaban J connectivity index is 1.63. The van der Waals surface area contributed by atoms with Crippen molar-refractivity contribution in [2.24, 2.45) is 0 Å². The Labute approximate surface area is 132 Å². The SMILES string of the molecule is C[C@@H](NC(=O)Cc1ccccn1)c1nc(-c2cccnc2)no1. The first-order chi connectivity index (χ1) is 11.2. The Kier molecular flexibility index (Phi) is 4.37. The molecule has 0 aliphatic carbocycles. The topological polar surface area (TPSA) is 93.8 Å². The van der Waals surface area contributed by atoms with E-state index in [9.17, 15) is 4.79 Å². The zero-order chi connectivity index (χ0) is 16.1. The van der Waals surface area contributed by atoms with Crippen LogP contribution in [-0.2, 0) is 11.2 Å². The molecule has 3 aromatic heterocycles. The highest BCUT2D eigenvalue weighted by Crippen LogP contribution is 2.17. The molecule has 23 heavy (non-hydrogen) atoms. The third kappa shape index (κ3) is 3.76. The molecule has 0 fully saturated rings. The zero-order valence-electron chi connectivity index (χ0n) is 12.5. The maximum Gasteiger partial charge on any atom is 0.249 e. The smallest absolute Gasteiger partial charge is 0.249 e. The van der Waals surface area contributed by atoms with Crippen LogP contribution in [0.2, 0.25) is 0 Å². The lowest BCUT2D eigenvalue weighted by molar-refractivity contribution is -0.121. The summed E-state index contributed by atoms with van der Waals surface area (Å²) < 4.78 is 5.21. The highest BCUT2D eigenvalue weighted by Gasteiger charge is 2.17. The summed E-state index contributed by atoms with van der Waals surface area (Å²) in [6, 6.07) is 8.70. The molecular formula is C16H15N5O2. The first-order valence-corrected chi connectivity index (χ1v) is 7.15. The van der Waals surface area contributed by atoms with Gasteiger partial charge in [-0.25, -0.2) is 0 Å². The number of hydrogen-bond acceptors (Lipinski definition) is 6. The third-order valence-electron chi connectivity index (χ3n) is 3.18. The summed E-state index contributed by atoms with van der Waals surface area (Å²) >= 11 is 0. The third-order valence-corrected chi connectivity index (χ3v) is 3.18. The molecule has 0 bridgehead atoms. The van der Waals surface area contributed by atoms with Crippen molar-refractivity contribution in [3.8, 4) is 11.4 Å². The van der Waals surface area contributed by atoms with Gasteiger partial charge in [0.05, 0.1) is 6.42 Å². The van der Waals surface area contributed by atoms with Gasteiger partial charge in [-0.2, -0.15) is 4.98 Å². The Morgan fingerprint density at radius 3 is 2.91 bits per heavy atom. The van der Waals surface area contributed by atoms with Crippen molar-refractivity contribution in [2.75, 3.05) is 0 Å². The number of nitrogens with zero attached hydrogens (tertiary/aromatic N) is 4. The molecule has 1 atom stereocenters. The predicted molar refractivity (Wildman–Crippen MR) is 82.0 cm³/mol. The second-order valence-electron chi connectivity index (χ2n) is 4.98. The summed E-state index contributed by atoms with van der Waals surface area (Å²) in [5.74, 6) is 0.634. The normalized spacial score (nSPS) is 11.9. The fraction of sp³-hybridized carbons (Fsp3) is 0.188. The number of aromatic nitrogens is 4. The molecule has 0 spiro atoms. The van der Waals surface area contributed by atoms with Crippen LogP contribution in [-0.4, -0.2) is 26.0 Å². The van der Waals surface area contributed by atoms with Crippen LogP contribution >= 0.6 is 0 Å². The minimum Gasteiger partial charge on any atom is -0.344 e. The van der Waals surface area contributed by atoms with Crippen molar-refractivity contribution < 1.29 is 9.32 Å². The monoisotopic (exact) mass is 309 g/mol. The van der Waals surface area contributed by atoms with Crippen LogP contribution < -0.4 is 5.32 Å². The van der Waals surface area contributed by atoms with Gasteiger partial charge in [0.1, 0.15) is 6.04 Å². The van der Waals surface area contributed by atoms with E-state index < -0.39 is 0 Å². The van der Waals surface area contributed by atoms with Crippen LogP contribution in [0.5, 0.6) is 0 Å². The van der Waals surface area contributed by atoms with E-state index in [4.69, 9.17) is 4.52 Å². The molecule has 0 aliphatic rings. The van der Waals surface area contributed by atoms with E-state index in [1.165, 1.54) is 0 Å². The van der Waals surface area contributed by atoms with Gasteiger partial charge < -0.3 is 9.84 Å². The first kappa shape index (κ1) is 14.8. The van der Waals surface area contributed by atoms with Gasteiger partial charge in [-0.3, -0.25) is 14.8 Å². The summed E-state index contributed by atoms with van der Waals surface area (Å²) in [6.07, 6.45) is 5.18. The van der Waals surface area contributed by atoms with Crippen molar-refractivity contribution in [3.63, 3.8) is 0 Å². The van der Waals surface area contributed by atoms with Crippen molar-refractivity contribution in [2.45, 2.75) is 19.4 Å². The molecule has 0 aromatic carbocycles. The number of rotatable bonds is 5. The van der Waals surface area contributed by atoms with Gasteiger partial charge in [-0.1, -0.05) is 11.2 Å². The molecular weight excluding hydrogens is 294 g/mol. The number of nitrogens with one attached hydrogen (secondary N) is 1. The maximum atomic E-state index is 12.0. The zero-order valence-corrected chi connectivity index (χ0v) is 12.5. The van der Waals surface area contributed by atoms with Crippen molar-refractivity contribution in [1.29, 1.82) is 0 Å². The Hall–Kier alpha value is -3.09. The Morgan fingerprint density at radius 2 is 2.17 bits per heavy atom. The Morgan fingerprint density at radius 1 is 1.26 bits per heavy atom. The molecule has 0 saturated heterocycles. The van der Waals surface area contributed by atoms with Gasteiger partial charge in [0, 0.05) is 29.8 Å². The van der Waals surface area contributed by atoms with Gasteiger partial charge in [-0.15, -0.1) is 0 Å². The van der Waals surface area contributed by atoms with Crippen molar-refractivity contribution in [1.82, 2.24) is 25.4 Å². The molecule has 0 aliphatic heterocycles. The minimum atomic E-state index is -0.385. The average molecular weight is 309 g/mol. The Bertz CT molecular complexity index is 773. The van der Waals surface area contributed by atoms with Gasteiger partial charge in [0.25, 0.3) is 0 Å². The van der Waals surface area contributed by atoms with Crippen molar-refractivity contribution >= 4 is 5.91 Å². The fourth-order valence-electron chi connectivity index (χ4n) is 2.04. The summed E-state index contributed by atoms with van der Waals surface area (Å²) in [6.45, 7) is 1.79. The fourth-order valence-corrected chi connectivity index (χ4v) is 2.04. The number of hydrogen-bond donors (Lipinski definition) is 1. The lowest BCUT2D eigenvalue weighted by atomic mass is 10.2. The molecule has 1 amide bonds. The van der Waals surface area contributed by atoms with Crippen LogP contribution in [0.3, 0.4) is 0 Å². The molecule has 3 heterocycles. The summed E-state index contributed by atoms with van der Waals surface area (Å²) in [5.41, 5.74) is 1.47. The van der Waals surface area contributed by atoms with Gasteiger partial charge in [0.15, 0.2) is 0 Å². The molecule has 0 radical (unpaired) electrons.